The van der Waals surface area contributed by atoms with Gasteiger partial charge in [0.15, 0.2) is 16.7 Å². The van der Waals surface area contributed by atoms with E-state index in [1.54, 1.807) is 30.2 Å². The molecule has 9 heteroatoms. The predicted molar refractivity (Wildman–Crippen MR) is 110 cm³/mol. The minimum atomic E-state index is -0.397. The highest BCUT2D eigenvalue weighted by molar-refractivity contribution is 7.99. The standard InChI is InChI=1S/C20H17ClFN5OS/c1-2-27-19(13-5-8-23-9-6-13)24-25-20(27)29-10-7-15-12-18(28-26-15)16-11-14(21)3-4-17(16)22/h3-6,8-9,11-12H,2,7,10H2,1H3. The number of benzene rings is 1. The Balaban J connectivity index is 1.43. The fourth-order valence-corrected chi connectivity index (χ4v) is 4.02. The molecule has 0 aliphatic heterocycles. The Kier molecular flexibility index (Phi) is 5.92. The zero-order valence-electron chi connectivity index (χ0n) is 15.5. The summed E-state index contributed by atoms with van der Waals surface area (Å²) in [5.74, 6) is 1.52. The summed E-state index contributed by atoms with van der Waals surface area (Å²) in [5, 5.41) is 14.0. The van der Waals surface area contributed by atoms with E-state index in [2.05, 4.69) is 31.8 Å². The van der Waals surface area contributed by atoms with Crippen LogP contribution in [-0.2, 0) is 13.0 Å². The van der Waals surface area contributed by atoms with Crippen molar-refractivity contribution in [3.8, 4) is 22.7 Å². The van der Waals surface area contributed by atoms with Gasteiger partial charge in [0.2, 0.25) is 0 Å². The summed E-state index contributed by atoms with van der Waals surface area (Å²) in [5.41, 5.74) is 2.02. The van der Waals surface area contributed by atoms with E-state index in [0.29, 0.717) is 22.8 Å². The summed E-state index contributed by atoms with van der Waals surface area (Å²) in [6.07, 6.45) is 4.13. The first kappa shape index (κ1) is 19.6. The molecule has 0 unspecified atom stereocenters. The summed E-state index contributed by atoms with van der Waals surface area (Å²) in [7, 11) is 0. The molecule has 0 saturated heterocycles. The largest absolute Gasteiger partial charge is 0.356 e. The topological polar surface area (TPSA) is 69.6 Å². The van der Waals surface area contributed by atoms with Crippen LogP contribution in [0.5, 0.6) is 0 Å². The fourth-order valence-electron chi connectivity index (χ4n) is 2.88. The lowest BCUT2D eigenvalue weighted by Gasteiger charge is -2.06. The lowest BCUT2D eigenvalue weighted by Crippen LogP contribution is -2.00. The van der Waals surface area contributed by atoms with Crippen LogP contribution >= 0.6 is 23.4 Å². The molecular weight excluding hydrogens is 413 g/mol. The Labute approximate surface area is 176 Å². The Bertz CT molecular complexity index is 1120. The van der Waals surface area contributed by atoms with E-state index in [4.69, 9.17) is 16.1 Å². The van der Waals surface area contributed by atoms with Gasteiger partial charge in [-0.05, 0) is 37.3 Å². The van der Waals surface area contributed by atoms with Crippen molar-refractivity contribution in [3.05, 3.63) is 65.3 Å². The van der Waals surface area contributed by atoms with Crippen LogP contribution in [0.2, 0.25) is 5.02 Å². The molecule has 3 heterocycles. The van der Waals surface area contributed by atoms with Crippen LogP contribution in [0.4, 0.5) is 4.39 Å². The van der Waals surface area contributed by atoms with E-state index >= 15 is 0 Å². The maximum atomic E-state index is 14.0. The fraction of sp³-hybridized carbons (Fsp3) is 0.200. The summed E-state index contributed by atoms with van der Waals surface area (Å²) in [6.45, 7) is 2.82. The molecule has 1 aromatic carbocycles. The molecule has 0 amide bonds. The van der Waals surface area contributed by atoms with Crippen molar-refractivity contribution >= 4 is 23.4 Å². The van der Waals surface area contributed by atoms with Gasteiger partial charge in [0.05, 0.1) is 11.3 Å². The van der Waals surface area contributed by atoms with Gasteiger partial charge in [-0.1, -0.05) is 28.5 Å². The average molecular weight is 430 g/mol. The molecule has 148 valence electrons. The third-order valence-corrected chi connectivity index (χ3v) is 5.52. The second-order valence-corrected chi connectivity index (χ2v) is 7.69. The quantitative estimate of drug-likeness (QED) is 0.379. The predicted octanol–water partition coefficient (Wildman–Crippen LogP) is 5.14. The van der Waals surface area contributed by atoms with E-state index in [1.807, 2.05) is 12.1 Å². The van der Waals surface area contributed by atoms with Gasteiger partial charge in [-0.15, -0.1) is 10.2 Å². The minimum absolute atomic E-state index is 0.302. The van der Waals surface area contributed by atoms with E-state index in [9.17, 15) is 4.39 Å². The highest BCUT2D eigenvalue weighted by atomic mass is 35.5. The highest BCUT2D eigenvalue weighted by Gasteiger charge is 2.15. The Morgan fingerprint density at radius 1 is 1.14 bits per heavy atom. The molecule has 0 atom stereocenters. The number of hydrogen-bond acceptors (Lipinski definition) is 6. The van der Waals surface area contributed by atoms with Crippen LogP contribution in [-0.4, -0.2) is 30.7 Å². The number of nitrogens with zero attached hydrogens (tertiary/aromatic N) is 5. The number of pyridine rings is 1. The smallest absolute Gasteiger partial charge is 0.191 e. The first-order chi connectivity index (χ1) is 14.2. The summed E-state index contributed by atoms with van der Waals surface area (Å²) < 4.78 is 21.4. The van der Waals surface area contributed by atoms with Crippen molar-refractivity contribution in [2.75, 3.05) is 5.75 Å². The van der Waals surface area contributed by atoms with Gasteiger partial charge in [-0.3, -0.25) is 4.98 Å². The van der Waals surface area contributed by atoms with Crippen LogP contribution in [0.25, 0.3) is 22.7 Å². The molecule has 0 saturated carbocycles. The molecule has 0 bridgehead atoms. The van der Waals surface area contributed by atoms with Crippen molar-refractivity contribution in [2.24, 2.45) is 0 Å². The molecule has 0 spiro atoms. The van der Waals surface area contributed by atoms with Crippen molar-refractivity contribution in [1.29, 1.82) is 0 Å². The molecule has 6 nitrogen and oxygen atoms in total. The molecule has 4 aromatic rings. The Morgan fingerprint density at radius 2 is 1.97 bits per heavy atom. The SMILES string of the molecule is CCn1c(SCCc2cc(-c3cc(Cl)ccc3F)on2)nnc1-c1ccncc1. The number of halogens is 2. The first-order valence-electron chi connectivity index (χ1n) is 9.03. The monoisotopic (exact) mass is 429 g/mol. The molecule has 0 fully saturated rings. The number of aryl methyl sites for hydroxylation is 1. The molecule has 0 aliphatic rings. The van der Waals surface area contributed by atoms with Crippen molar-refractivity contribution in [3.63, 3.8) is 0 Å². The lowest BCUT2D eigenvalue weighted by molar-refractivity contribution is 0.422. The Morgan fingerprint density at radius 3 is 2.76 bits per heavy atom. The zero-order chi connectivity index (χ0) is 20.2. The van der Waals surface area contributed by atoms with Crippen LogP contribution in [0.1, 0.15) is 12.6 Å². The highest BCUT2D eigenvalue weighted by Crippen LogP contribution is 2.28. The summed E-state index contributed by atoms with van der Waals surface area (Å²) >= 11 is 7.54. The van der Waals surface area contributed by atoms with Crippen LogP contribution < -0.4 is 0 Å². The molecule has 4 rings (SSSR count). The van der Waals surface area contributed by atoms with Gasteiger partial charge >= 0.3 is 0 Å². The molecular formula is C20H17ClFN5OS. The molecule has 29 heavy (non-hydrogen) atoms. The van der Waals surface area contributed by atoms with Crippen LogP contribution in [0.3, 0.4) is 0 Å². The Hall–Kier alpha value is -2.71. The van der Waals surface area contributed by atoms with Gasteiger partial charge < -0.3 is 9.09 Å². The van der Waals surface area contributed by atoms with E-state index in [1.165, 1.54) is 18.2 Å². The van der Waals surface area contributed by atoms with Crippen molar-refractivity contribution < 1.29 is 8.91 Å². The third-order valence-electron chi connectivity index (χ3n) is 4.31. The number of hydrogen-bond donors (Lipinski definition) is 0. The maximum Gasteiger partial charge on any atom is 0.191 e. The second-order valence-electron chi connectivity index (χ2n) is 6.19. The summed E-state index contributed by atoms with van der Waals surface area (Å²) in [6, 6.07) is 9.90. The van der Waals surface area contributed by atoms with Crippen LogP contribution in [0, 0.1) is 5.82 Å². The summed E-state index contributed by atoms with van der Waals surface area (Å²) in [4.78, 5) is 4.04. The average Bonchev–Trinajstić information content (AvgIpc) is 3.37. The first-order valence-corrected chi connectivity index (χ1v) is 10.4. The number of rotatable bonds is 7. The second kappa shape index (κ2) is 8.75. The molecule has 0 radical (unpaired) electrons. The van der Waals surface area contributed by atoms with E-state index in [-0.39, 0.29) is 0 Å². The van der Waals surface area contributed by atoms with Gasteiger partial charge in [0, 0.05) is 47.8 Å². The molecule has 3 aromatic heterocycles. The van der Waals surface area contributed by atoms with E-state index < -0.39 is 5.82 Å². The maximum absolute atomic E-state index is 14.0. The van der Waals surface area contributed by atoms with Crippen LogP contribution in [0.15, 0.2) is 58.5 Å². The van der Waals surface area contributed by atoms with Gasteiger partial charge in [0.1, 0.15) is 5.82 Å². The molecule has 0 aliphatic carbocycles. The van der Waals surface area contributed by atoms with Crippen molar-refractivity contribution in [1.82, 2.24) is 24.9 Å². The van der Waals surface area contributed by atoms with Crippen molar-refractivity contribution in [2.45, 2.75) is 25.0 Å². The van der Waals surface area contributed by atoms with Gasteiger partial charge in [-0.2, -0.15) is 0 Å². The lowest BCUT2D eigenvalue weighted by atomic mass is 10.1. The minimum Gasteiger partial charge on any atom is -0.356 e. The van der Waals surface area contributed by atoms with E-state index in [0.717, 1.165) is 34.5 Å². The normalized spacial score (nSPS) is 11.1. The van der Waals surface area contributed by atoms with Gasteiger partial charge in [-0.25, -0.2) is 4.39 Å². The zero-order valence-corrected chi connectivity index (χ0v) is 17.1. The molecule has 0 N–H and O–H groups in total. The number of aromatic nitrogens is 5. The third kappa shape index (κ3) is 4.33. The number of thioether (sulfide) groups is 1. The van der Waals surface area contributed by atoms with Gasteiger partial charge in [0.25, 0.3) is 0 Å².